The monoisotopic (exact) mass is 309 g/mol. The van der Waals surface area contributed by atoms with Gasteiger partial charge in [0.1, 0.15) is 4.90 Å². The first kappa shape index (κ1) is 15.9. The van der Waals surface area contributed by atoms with E-state index in [0.29, 0.717) is 0 Å². The van der Waals surface area contributed by atoms with E-state index in [9.17, 15) is 16.8 Å². The molecule has 8 nitrogen and oxygen atoms in total. The predicted molar refractivity (Wildman–Crippen MR) is 70.2 cm³/mol. The quantitative estimate of drug-likeness (QED) is 0.570. The minimum atomic E-state index is -4.01. The summed E-state index contributed by atoms with van der Waals surface area (Å²) in [4.78, 5) is -0.299. The Labute approximate surface area is 112 Å². The van der Waals surface area contributed by atoms with Crippen LogP contribution >= 0.6 is 0 Å². The molecule has 0 saturated heterocycles. The van der Waals surface area contributed by atoms with Crippen molar-refractivity contribution >= 4 is 25.9 Å². The van der Waals surface area contributed by atoms with E-state index in [2.05, 4.69) is 9.44 Å². The molecular formula is C9H15N3O5S2. The lowest BCUT2D eigenvalue weighted by Crippen LogP contribution is -2.33. The Hall–Kier alpha value is -1.20. The van der Waals surface area contributed by atoms with Gasteiger partial charge >= 0.3 is 0 Å². The van der Waals surface area contributed by atoms with Gasteiger partial charge in [-0.2, -0.15) is 13.1 Å². The molecule has 0 radical (unpaired) electrons. The Morgan fingerprint density at radius 2 is 1.84 bits per heavy atom. The molecule has 0 heterocycles. The summed E-state index contributed by atoms with van der Waals surface area (Å²) in [6.45, 7) is 0.251. The number of sulfonamides is 1. The highest BCUT2D eigenvalue weighted by atomic mass is 32.2. The van der Waals surface area contributed by atoms with Crippen molar-refractivity contribution in [2.45, 2.75) is 4.90 Å². The maximum Gasteiger partial charge on any atom is 0.299 e. The molecule has 0 aliphatic carbocycles. The molecule has 1 rings (SSSR count). The third-order valence-corrected chi connectivity index (χ3v) is 4.08. The Morgan fingerprint density at radius 1 is 1.21 bits per heavy atom. The van der Waals surface area contributed by atoms with Crippen LogP contribution in [-0.4, -0.2) is 37.1 Å². The fraction of sp³-hybridized carbons (Fsp3) is 0.333. The van der Waals surface area contributed by atoms with Gasteiger partial charge in [-0.3, -0.25) is 4.72 Å². The van der Waals surface area contributed by atoms with Gasteiger partial charge in [0.05, 0.1) is 12.3 Å². The average Bonchev–Trinajstić information content (AvgIpc) is 2.27. The number of ether oxygens (including phenoxy) is 1. The number of benzene rings is 1. The van der Waals surface area contributed by atoms with Gasteiger partial charge in [-0.15, -0.1) is 0 Å². The molecule has 0 saturated carbocycles. The maximum absolute atomic E-state index is 11.6. The Balaban J connectivity index is 2.94. The second kappa shape index (κ2) is 6.30. The number of nitrogens with two attached hydrogens (primary N) is 1. The minimum absolute atomic E-state index is 0.0589. The highest BCUT2D eigenvalue weighted by Crippen LogP contribution is 2.19. The topological polar surface area (TPSA) is 128 Å². The van der Waals surface area contributed by atoms with E-state index in [1.807, 2.05) is 0 Å². The van der Waals surface area contributed by atoms with E-state index in [0.717, 1.165) is 0 Å². The number of primary sulfonamides is 1. The van der Waals surface area contributed by atoms with Crippen molar-refractivity contribution < 1.29 is 21.6 Å². The van der Waals surface area contributed by atoms with Gasteiger partial charge in [-0.25, -0.2) is 13.6 Å². The molecule has 1 aromatic carbocycles. The number of nitrogens with one attached hydrogen (secondary N) is 2. The Morgan fingerprint density at radius 3 is 2.42 bits per heavy atom. The van der Waals surface area contributed by atoms with Crippen LogP contribution in [0.2, 0.25) is 0 Å². The molecule has 10 heteroatoms. The summed E-state index contributed by atoms with van der Waals surface area (Å²) in [5.74, 6) is 0. The van der Waals surface area contributed by atoms with Gasteiger partial charge in [-0.05, 0) is 12.1 Å². The smallest absolute Gasteiger partial charge is 0.299 e. The van der Waals surface area contributed by atoms with Gasteiger partial charge in [0, 0.05) is 13.7 Å². The lowest BCUT2D eigenvalue weighted by atomic mass is 10.3. The molecule has 0 unspecified atom stereocenters. The van der Waals surface area contributed by atoms with E-state index in [1.165, 1.54) is 31.4 Å². The summed E-state index contributed by atoms with van der Waals surface area (Å²) in [5.41, 5.74) is -0.116. The van der Waals surface area contributed by atoms with Gasteiger partial charge in [0.2, 0.25) is 10.0 Å². The minimum Gasteiger partial charge on any atom is -0.383 e. The largest absolute Gasteiger partial charge is 0.383 e. The van der Waals surface area contributed by atoms with Crippen LogP contribution in [-0.2, 0) is 25.0 Å². The molecule has 0 amide bonds. The standard InChI is InChI=1S/C9H15N3O5S2/c1-17-7-6-11-19(15,16)12-8-4-2-3-5-9(8)18(10,13)14/h2-5,11-12H,6-7H2,1H3,(H2,10,13,14). The zero-order valence-electron chi connectivity index (χ0n) is 10.2. The number of hydrogen-bond donors (Lipinski definition) is 3. The summed E-state index contributed by atoms with van der Waals surface area (Å²) in [6, 6.07) is 5.44. The van der Waals surface area contributed by atoms with Crippen LogP contribution in [0.3, 0.4) is 0 Å². The van der Waals surface area contributed by atoms with Gasteiger partial charge in [-0.1, -0.05) is 12.1 Å². The Bertz CT molecular complexity index is 627. The van der Waals surface area contributed by atoms with Crippen molar-refractivity contribution in [2.24, 2.45) is 5.14 Å². The van der Waals surface area contributed by atoms with Crippen molar-refractivity contribution in [1.82, 2.24) is 4.72 Å². The highest BCUT2D eigenvalue weighted by molar-refractivity contribution is 7.91. The van der Waals surface area contributed by atoms with E-state index in [-0.39, 0.29) is 23.7 Å². The number of hydrogen-bond acceptors (Lipinski definition) is 5. The maximum atomic E-state index is 11.6. The summed E-state index contributed by atoms with van der Waals surface area (Å²) in [5, 5.41) is 5.00. The first-order chi connectivity index (χ1) is 8.76. The second-order valence-corrected chi connectivity index (χ2v) is 6.56. The fourth-order valence-electron chi connectivity index (χ4n) is 1.26. The number of methoxy groups -OCH3 is 1. The van der Waals surface area contributed by atoms with Crippen molar-refractivity contribution in [1.29, 1.82) is 0 Å². The summed E-state index contributed by atoms with van der Waals surface area (Å²) in [7, 11) is -6.47. The molecule has 19 heavy (non-hydrogen) atoms. The van der Waals surface area contributed by atoms with E-state index >= 15 is 0 Å². The van der Waals surface area contributed by atoms with Crippen LogP contribution in [0.15, 0.2) is 29.2 Å². The molecule has 1 aromatic rings. The average molecular weight is 309 g/mol. The van der Waals surface area contributed by atoms with Crippen LogP contribution in [0.5, 0.6) is 0 Å². The molecule has 0 spiro atoms. The SMILES string of the molecule is COCCNS(=O)(=O)Nc1ccccc1S(N)(=O)=O. The van der Waals surface area contributed by atoms with Crippen LogP contribution in [0.25, 0.3) is 0 Å². The zero-order valence-corrected chi connectivity index (χ0v) is 11.8. The number of anilines is 1. The molecule has 0 aromatic heterocycles. The van der Waals surface area contributed by atoms with Crippen molar-refractivity contribution in [3.8, 4) is 0 Å². The highest BCUT2D eigenvalue weighted by Gasteiger charge is 2.17. The van der Waals surface area contributed by atoms with Crippen LogP contribution in [0.1, 0.15) is 0 Å². The first-order valence-corrected chi connectivity index (χ1v) is 8.17. The molecule has 4 N–H and O–H groups in total. The molecule has 0 aliphatic rings. The van der Waals surface area contributed by atoms with Crippen molar-refractivity contribution in [2.75, 3.05) is 25.0 Å². The summed E-state index contributed by atoms with van der Waals surface area (Å²) < 4.78 is 54.9. The molecule has 0 fully saturated rings. The van der Waals surface area contributed by atoms with E-state index in [4.69, 9.17) is 9.88 Å². The lowest BCUT2D eigenvalue weighted by Gasteiger charge is -2.11. The molecular weight excluding hydrogens is 294 g/mol. The molecule has 108 valence electrons. The molecule has 0 atom stereocenters. The third kappa shape index (κ3) is 5.12. The normalized spacial score (nSPS) is 12.3. The molecule has 0 aliphatic heterocycles. The Kier molecular flexibility index (Phi) is 5.26. The molecule has 0 bridgehead atoms. The van der Waals surface area contributed by atoms with Crippen molar-refractivity contribution in [3.63, 3.8) is 0 Å². The predicted octanol–water partition coefficient (Wildman–Crippen LogP) is -0.773. The first-order valence-electron chi connectivity index (χ1n) is 5.14. The summed E-state index contributed by atoms with van der Waals surface area (Å²) in [6.07, 6.45) is 0. The van der Waals surface area contributed by atoms with Crippen LogP contribution in [0, 0.1) is 0 Å². The van der Waals surface area contributed by atoms with E-state index < -0.39 is 20.2 Å². The summed E-state index contributed by atoms with van der Waals surface area (Å²) >= 11 is 0. The number of rotatable bonds is 7. The van der Waals surface area contributed by atoms with Crippen LogP contribution in [0.4, 0.5) is 5.69 Å². The lowest BCUT2D eigenvalue weighted by molar-refractivity contribution is 0.204. The third-order valence-electron chi connectivity index (χ3n) is 2.04. The van der Waals surface area contributed by atoms with Gasteiger partial charge in [0.15, 0.2) is 0 Å². The number of para-hydroxylation sites is 1. The van der Waals surface area contributed by atoms with Crippen LogP contribution < -0.4 is 14.6 Å². The fourth-order valence-corrected chi connectivity index (χ4v) is 2.91. The van der Waals surface area contributed by atoms with Gasteiger partial charge in [0.25, 0.3) is 10.2 Å². The van der Waals surface area contributed by atoms with Crippen molar-refractivity contribution in [3.05, 3.63) is 24.3 Å². The zero-order chi connectivity index (χ0) is 14.5. The second-order valence-electron chi connectivity index (χ2n) is 3.53. The van der Waals surface area contributed by atoms with Gasteiger partial charge < -0.3 is 4.74 Å². The van der Waals surface area contributed by atoms with E-state index in [1.54, 1.807) is 0 Å².